The Morgan fingerprint density at radius 2 is 1.95 bits per heavy atom. The Hall–Kier alpha value is -1.49. The summed E-state index contributed by atoms with van der Waals surface area (Å²) >= 11 is 5.79. The third-order valence-electron chi connectivity index (χ3n) is 3.03. The van der Waals surface area contributed by atoms with Gasteiger partial charge < -0.3 is 4.90 Å². The highest BCUT2D eigenvalue weighted by Crippen LogP contribution is 2.28. The quantitative estimate of drug-likeness (QED) is 0.780. The van der Waals surface area contributed by atoms with E-state index >= 15 is 0 Å². The van der Waals surface area contributed by atoms with Crippen molar-refractivity contribution in [1.82, 2.24) is 4.98 Å². The highest BCUT2D eigenvalue weighted by atomic mass is 35.5. The number of pyridine rings is 1. The van der Waals surface area contributed by atoms with Crippen LogP contribution in [0.25, 0.3) is 10.9 Å². The summed E-state index contributed by atoms with van der Waals surface area (Å²) in [6.07, 6.45) is -5.01. The Bertz CT molecular complexity index is 598. The fraction of sp³-hybridized carbons (Fsp3) is 0.357. The van der Waals surface area contributed by atoms with Gasteiger partial charge in [0.05, 0.1) is 23.5 Å². The van der Waals surface area contributed by atoms with E-state index in [1.165, 1.54) is 0 Å². The summed E-state index contributed by atoms with van der Waals surface area (Å²) in [7, 11) is 1.64. The van der Waals surface area contributed by atoms with Crippen LogP contribution in [0.15, 0.2) is 30.3 Å². The van der Waals surface area contributed by atoms with Gasteiger partial charge in [-0.05, 0) is 12.1 Å². The summed E-state index contributed by atoms with van der Waals surface area (Å²) in [5.74, 6) is 0.227. The fourth-order valence-corrected chi connectivity index (χ4v) is 2.15. The SMILES string of the molecule is CN(CCC(F)(F)F)c1cc(CCl)nc2ccccc12. The topological polar surface area (TPSA) is 16.1 Å². The van der Waals surface area contributed by atoms with E-state index in [2.05, 4.69) is 4.98 Å². The van der Waals surface area contributed by atoms with E-state index in [-0.39, 0.29) is 12.4 Å². The van der Waals surface area contributed by atoms with Crippen LogP contribution in [0.4, 0.5) is 18.9 Å². The third kappa shape index (κ3) is 3.54. The van der Waals surface area contributed by atoms with E-state index in [4.69, 9.17) is 11.6 Å². The van der Waals surface area contributed by atoms with Gasteiger partial charge >= 0.3 is 6.18 Å². The molecule has 1 heterocycles. The zero-order valence-corrected chi connectivity index (χ0v) is 11.7. The number of benzene rings is 1. The number of nitrogens with zero attached hydrogens (tertiary/aromatic N) is 2. The first-order valence-corrected chi connectivity index (χ1v) is 6.66. The molecule has 0 aliphatic heterocycles. The number of hydrogen-bond acceptors (Lipinski definition) is 2. The van der Waals surface area contributed by atoms with Gasteiger partial charge in [-0.2, -0.15) is 13.2 Å². The number of anilines is 1. The molecular weight excluding hydrogens is 289 g/mol. The van der Waals surface area contributed by atoms with Gasteiger partial charge in [-0.3, -0.25) is 4.98 Å². The molecular formula is C14H14ClF3N2. The number of fused-ring (bicyclic) bond motifs is 1. The molecule has 0 aliphatic rings. The normalized spacial score (nSPS) is 11.8. The van der Waals surface area contributed by atoms with Crippen molar-refractivity contribution in [3.63, 3.8) is 0 Å². The molecule has 0 radical (unpaired) electrons. The Labute approximate surface area is 120 Å². The van der Waals surface area contributed by atoms with Gasteiger partial charge in [0.25, 0.3) is 0 Å². The molecule has 108 valence electrons. The fourth-order valence-electron chi connectivity index (χ4n) is 2.01. The lowest BCUT2D eigenvalue weighted by Crippen LogP contribution is -2.24. The van der Waals surface area contributed by atoms with Gasteiger partial charge in [-0.1, -0.05) is 18.2 Å². The Kier molecular flexibility index (Phi) is 4.38. The van der Waals surface area contributed by atoms with Gasteiger partial charge in [0.1, 0.15) is 0 Å². The Morgan fingerprint density at radius 1 is 1.25 bits per heavy atom. The highest BCUT2D eigenvalue weighted by molar-refractivity contribution is 6.17. The molecule has 1 aromatic heterocycles. The van der Waals surface area contributed by atoms with Crippen LogP contribution >= 0.6 is 11.6 Å². The summed E-state index contributed by atoms with van der Waals surface area (Å²) in [6, 6.07) is 9.09. The Balaban J connectivity index is 2.36. The number of halogens is 4. The summed E-state index contributed by atoms with van der Waals surface area (Å²) in [4.78, 5) is 5.96. The van der Waals surface area contributed by atoms with Crippen LogP contribution in [0, 0.1) is 0 Å². The highest BCUT2D eigenvalue weighted by Gasteiger charge is 2.27. The minimum absolute atomic E-state index is 0.0980. The number of hydrogen-bond donors (Lipinski definition) is 0. The van der Waals surface area contributed by atoms with Gasteiger partial charge in [0.15, 0.2) is 0 Å². The summed E-state index contributed by atoms with van der Waals surface area (Å²) < 4.78 is 37.0. The number of aromatic nitrogens is 1. The Morgan fingerprint density at radius 3 is 2.60 bits per heavy atom. The first kappa shape index (κ1) is 14.9. The molecule has 20 heavy (non-hydrogen) atoms. The molecule has 0 bridgehead atoms. The van der Waals surface area contributed by atoms with E-state index in [0.29, 0.717) is 5.69 Å². The largest absolute Gasteiger partial charge is 0.390 e. The van der Waals surface area contributed by atoms with E-state index in [1.54, 1.807) is 18.0 Å². The van der Waals surface area contributed by atoms with Gasteiger partial charge in [-0.25, -0.2) is 0 Å². The molecule has 6 heteroatoms. The van der Waals surface area contributed by atoms with E-state index < -0.39 is 12.6 Å². The van der Waals surface area contributed by atoms with Crippen molar-refractivity contribution in [3.8, 4) is 0 Å². The second-order valence-electron chi connectivity index (χ2n) is 4.57. The predicted octanol–water partition coefficient (Wildman–Crippen LogP) is 4.36. The smallest absolute Gasteiger partial charge is 0.374 e. The van der Waals surface area contributed by atoms with E-state index in [1.807, 2.05) is 24.3 Å². The van der Waals surface area contributed by atoms with Crippen LogP contribution in [-0.4, -0.2) is 24.8 Å². The maximum atomic E-state index is 12.3. The minimum atomic E-state index is -4.16. The molecule has 0 saturated heterocycles. The van der Waals surface area contributed by atoms with Crippen LogP contribution in [0.5, 0.6) is 0 Å². The second kappa shape index (κ2) is 5.87. The second-order valence-corrected chi connectivity index (χ2v) is 4.84. The molecule has 2 nitrogen and oxygen atoms in total. The zero-order valence-electron chi connectivity index (χ0n) is 10.9. The predicted molar refractivity (Wildman–Crippen MR) is 75.2 cm³/mol. The van der Waals surface area contributed by atoms with E-state index in [9.17, 15) is 13.2 Å². The number of rotatable bonds is 4. The van der Waals surface area contributed by atoms with Crippen molar-refractivity contribution in [1.29, 1.82) is 0 Å². The van der Waals surface area contributed by atoms with Crippen molar-refractivity contribution in [2.45, 2.75) is 18.5 Å². The molecule has 0 N–H and O–H groups in total. The summed E-state index contributed by atoms with van der Waals surface area (Å²) in [5, 5.41) is 0.825. The van der Waals surface area contributed by atoms with Crippen LogP contribution in [0.2, 0.25) is 0 Å². The van der Waals surface area contributed by atoms with Crippen LogP contribution < -0.4 is 4.90 Å². The summed E-state index contributed by atoms with van der Waals surface area (Å²) in [5.41, 5.74) is 2.11. The lowest BCUT2D eigenvalue weighted by molar-refractivity contribution is -0.132. The first-order valence-electron chi connectivity index (χ1n) is 6.13. The average Bonchev–Trinajstić information content (AvgIpc) is 2.42. The monoisotopic (exact) mass is 302 g/mol. The van der Waals surface area contributed by atoms with Crippen LogP contribution in [0.1, 0.15) is 12.1 Å². The standard InChI is InChI=1S/C14H14ClF3N2/c1-20(7-6-14(16,17)18)13-8-10(9-15)19-12-5-3-2-4-11(12)13/h2-5,8H,6-7,9H2,1H3. The maximum absolute atomic E-state index is 12.3. The molecule has 0 amide bonds. The molecule has 0 saturated carbocycles. The molecule has 0 aliphatic carbocycles. The summed E-state index contributed by atoms with van der Waals surface area (Å²) in [6.45, 7) is -0.0980. The molecule has 1 aromatic carbocycles. The van der Waals surface area contributed by atoms with Gasteiger partial charge in [-0.15, -0.1) is 11.6 Å². The third-order valence-corrected chi connectivity index (χ3v) is 3.30. The molecule has 2 aromatic rings. The maximum Gasteiger partial charge on any atom is 0.390 e. The number of alkyl halides is 4. The molecule has 0 unspecified atom stereocenters. The van der Waals surface area contributed by atoms with Crippen molar-refractivity contribution in [2.75, 3.05) is 18.5 Å². The van der Waals surface area contributed by atoms with Gasteiger partial charge in [0, 0.05) is 24.7 Å². The molecule has 0 fully saturated rings. The number of para-hydroxylation sites is 1. The first-order chi connectivity index (χ1) is 9.40. The zero-order chi connectivity index (χ0) is 14.8. The average molecular weight is 303 g/mol. The van der Waals surface area contributed by atoms with Crippen molar-refractivity contribution in [2.24, 2.45) is 0 Å². The minimum Gasteiger partial charge on any atom is -0.374 e. The lowest BCUT2D eigenvalue weighted by atomic mass is 10.1. The molecule has 0 spiro atoms. The van der Waals surface area contributed by atoms with E-state index in [0.717, 1.165) is 16.6 Å². The molecule has 0 atom stereocenters. The van der Waals surface area contributed by atoms with Gasteiger partial charge in [0.2, 0.25) is 0 Å². The van der Waals surface area contributed by atoms with Crippen molar-refractivity contribution in [3.05, 3.63) is 36.0 Å². The lowest BCUT2D eigenvalue weighted by Gasteiger charge is -2.22. The van der Waals surface area contributed by atoms with Crippen molar-refractivity contribution < 1.29 is 13.2 Å². The molecule has 2 rings (SSSR count). The van der Waals surface area contributed by atoms with Crippen LogP contribution in [0.3, 0.4) is 0 Å². The van der Waals surface area contributed by atoms with Crippen molar-refractivity contribution >= 4 is 28.2 Å². The van der Waals surface area contributed by atoms with Crippen LogP contribution in [-0.2, 0) is 5.88 Å².